The summed E-state index contributed by atoms with van der Waals surface area (Å²) in [5.41, 5.74) is 9.50. The Hall–Kier alpha value is -3.32. The first-order valence-electron chi connectivity index (χ1n) is 11.1. The van der Waals surface area contributed by atoms with Crippen LogP contribution < -0.4 is 15.2 Å². The molecular formula is C28H30Cl2N2O4. The minimum atomic E-state index is -0.448. The number of rotatable bonds is 9. The van der Waals surface area contributed by atoms with Crippen molar-refractivity contribution in [2.45, 2.75) is 26.0 Å². The zero-order valence-electron chi connectivity index (χ0n) is 20.2. The molecule has 0 radical (unpaired) electrons. The van der Waals surface area contributed by atoms with E-state index < -0.39 is 5.97 Å². The predicted octanol–water partition coefficient (Wildman–Crippen LogP) is 5.70. The molecule has 190 valence electrons. The van der Waals surface area contributed by atoms with E-state index in [9.17, 15) is 4.79 Å². The first-order chi connectivity index (χ1) is 16.5. The van der Waals surface area contributed by atoms with Gasteiger partial charge >= 0.3 is 5.97 Å². The molecule has 4 rings (SSSR count). The molecule has 2 N–H and O–H groups in total. The van der Waals surface area contributed by atoms with Gasteiger partial charge in [0, 0.05) is 28.7 Å². The van der Waals surface area contributed by atoms with Crippen molar-refractivity contribution in [1.82, 2.24) is 4.98 Å². The van der Waals surface area contributed by atoms with Crippen LogP contribution in [0.3, 0.4) is 0 Å². The van der Waals surface area contributed by atoms with Gasteiger partial charge in [0.05, 0.1) is 7.11 Å². The lowest BCUT2D eigenvalue weighted by molar-refractivity contribution is 0.0470. The minimum absolute atomic E-state index is 0. The molecule has 0 aliphatic carbocycles. The Kier molecular flexibility index (Phi) is 11.0. The summed E-state index contributed by atoms with van der Waals surface area (Å²) in [7, 11) is 1.64. The van der Waals surface area contributed by atoms with Gasteiger partial charge in [-0.3, -0.25) is 4.98 Å². The molecule has 4 aromatic rings. The number of ether oxygens (including phenoxy) is 3. The molecule has 0 saturated heterocycles. The molecule has 0 fully saturated rings. The van der Waals surface area contributed by atoms with E-state index in [0.29, 0.717) is 17.7 Å². The van der Waals surface area contributed by atoms with Gasteiger partial charge in [0.1, 0.15) is 30.3 Å². The molecule has 1 heterocycles. The number of nitrogens with zero attached hydrogens (tertiary/aromatic N) is 1. The molecule has 0 bridgehead atoms. The van der Waals surface area contributed by atoms with E-state index in [1.165, 1.54) is 0 Å². The summed E-state index contributed by atoms with van der Waals surface area (Å²) in [5.74, 6) is 0.779. The Morgan fingerprint density at radius 2 is 1.72 bits per heavy atom. The van der Waals surface area contributed by atoms with Crippen molar-refractivity contribution in [3.63, 3.8) is 0 Å². The van der Waals surface area contributed by atoms with Crippen LogP contribution in [-0.2, 0) is 17.8 Å². The Morgan fingerprint density at radius 1 is 0.972 bits per heavy atom. The fraction of sp³-hybridized carbons (Fsp3) is 0.214. The third-order valence-corrected chi connectivity index (χ3v) is 5.50. The van der Waals surface area contributed by atoms with Crippen molar-refractivity contribution >= 4 is 41.6 Å². The Morgan fingerprint density at radius 3 is 2.47 bits per heavy atom. The average Bonchev–Trinajstić information content (AvgIpc) is 2.86. The number of aryl methyl sites for hydroxylation is 1. The van der Waals surface area contributed by atoms with E-state index in [2.05, 4.69) is 4.98 Å². The first kappa shape index (κ1) is 28.9. The number of benzene rings is 3. The maximum absolute atomic E-state index is 13.2. The molecule has 0 spiro atoms. The second kappa shape index (κ2) is 13.7. The lowest BCUT2D eigenvalue weighted by atomic mass is 10.0. The van der Waals surface area contributed by atoms with Crippen molar-refractivity contribution in [3.05, 3.63) is 101 Å². The van der Waals surface area contributed by atoms with E-state index in [1.807, 2.05) is 73.7 Å². The number of aromatic nitrogens is 1. The van der Waals surface area contributed by atoms with Crippen LogP contribution >= 0.6 is 24.8 Å². The highest BCUT2D eigenvalue weighted by Gasteiger charge is 2.20. The summed E-state index contributed by atoms with van der Waals surface area (Å²) in [6.45, 7) is 2.30. The van der Waals surface area contributed by atoms with Crippen LogP contribution in [0.5, 0.6) is 11.5 Å². The number of hydrogen-bond acceptors (Lipinski definition) is 6. The Labute approximate surface area is 223 Å². The molecule has 0 saturated carbocycles. The van der Waals surface area contributed by atoms with Gasteiger partial charge in [0.2, 0.25) is 0 Å². The number of fused-ring (bicyclic) bond motifs is 1. The number of pyridine rings is 1. The monoisotopic (exact) mass is 528 g/mol. The standard InChI is InChI=1S/C28H28N2O4.2ClH/c1-19-13-25-22(16-30-19)11-12-26(27(25)28(31)34-17-20-7-4-3-5-8-20)33-18-23(29)14-21-9-6-10-24(15-21)32-2;;/h3-13,15-16,23H,14,17-18,29H2,1-2H3;2*1H/t23-;;/m1../s1. The van der Waals surface area contributed by atoms with Crippen molar-refractivity contribution in [1.29, 1.82) is 0 Å². The number of methoxy groups -OCH3 is 1. The van der Waals surface area contributed by atoms with E-state index in [4.69, 9.17) is 19.9 Å². The van der Waals surface area contributed by atoms with Gasteiger partial charge in [0.15, 0.2) is 0 Å². The number of esters is 1. The smallest absolute Gasteiger partial charge is 0.342 e. The summed E-state index contributed by atoms with van der Waals surface area (Å²) in [6, 6.07) is 22.6. The number of carbonyl (C=O) groups is 1. The molecule has 36 heavy (non-hydrogen) atoms. The Balaban J connectivity index is 0.00000228. The maximum Gasteiger partial charge on any atom is 0.342 e. The van der Waals surface area contributed by atoms with E-state index in [0.717, 1.165) is 33.3 Å². The number of nitrogens with two attached hydrogens (primary N) is 1. The van der Waals surface area contributed by atoms with E-state index in [-0.39, 0.29) is 44.1 Å². The molecule has 0 aliphatic heterocycles. The largest absolute Gasteiger partial charge is 0.497 e. The molecule has 3 aromatic carbocycles. The van der Waals surface area contributed by atoms with Gasteiger partial charge < -0.3 is 19.9 Å². The SMILES string of the molecule is COc1cccc(C[C@@H](N)COc2ccc3cnc(C)cc3c2C(=O)OCc2ccccc2)c1.Cl.Cl. The maximum atomic E-state index is 13.2. The van der Waals surface area contributed by atoms with Gasteiger partial charge in [-0.2, -0.15) is 0 Å². The Bertz CT molecular complexity index is 1290. The quantitative estimate of drug-likeness (QED) is 0.280. The van der Waals surface area contributed by atoms with Crippen LogP contribution in [0.1, 0.15) is 27.2 Å². The van der Waals surface area contributed by atoms with Crippen molar-refractivity contribution < 1.29 is 19.0 Å². The average molecular weight is 529 g/mol. The molecule has 0 aliphatic rings. The highest BCUT2D eigenvalue weighted by atomic mass is 35.5. The van der Waals surface area contributed by atoms with Gasteiger partial charge in [-0.05, 0) is 54.8 Å². The summed E-state index contributed by atoms with van der Waals surface area (Å²) >= 11 is 0. The number of hydrogen-bond donors (Lipinski definition) is 1. The van der Waals surface area contributed by atoms with Gasteiger partial charge in [0.25, 0.3) is 0 Å². The van der Waals surface area contributed by atoms with Crippen molar-refractivity contribution in [2.75, 3.05) is 13.7 Å². The third-order valence-electron chi connectivity index (χ3n) is 5.50. The van der Waals surface area contributed by atoms with Crippen LogP contribution in [0.25, 0.3) is 10.8 Å². The van der Waals surface area contributed by atoms with Crippen LogP contribution in [0, 0.1) is 6.92 Å². The summed E-state index contributed by atoms with van der Waals surface area (Å²) < 4.78 is 17.0. The van der Waals surface area contributed by atoms with Gasteiger partial charge in [-0.1, -0.05) is 42.5 Å². The van der Waals surface area contributed by atoms with Crippen molar-refractivity contribution in [3.8, 4) is 11.5 Å². The highest BCUT2D eigenvalue weighted by molar-refractivity contribution is 6.07. The lowest BCUT2D eigenvalue weighted by Crippen LogP contribution is -2.30. The summed E-state index contributed by atoms with van der Waals surface area (Å²) in [6.07, 6.45) is 2.36. The molecule has 0 unspecified atom stereocenters. The molecule has 8 heteroatoms. The third kappa shape index (κ3) is 7.34. The van der Waals surface area contributed by atoms with Crippen LogP contribution in [0.15, 0.2) is 79.0 Å². The molecule has 1 aromatic heterocycles. The van der Waals surface area contributed by atoms with Crippen molar-refractivity contribution in [2.24, 2.45) is 5.73 Å². The minimum Gasteiger partial charge on any atom is -0.497 e. The summed E-state index contributed by atoms with van der Waals surface area (Å²) in [5, 5.41) is 1.58. The van der Waals surface area contributed by atoms with Gasteiger partial charge in [-0.15, -0.1) is 24.8 Å². The van der Waals surface area contributed by atoms with Crippen LogP contribution in [0.2, 0.25) is 0 Å². The molecular weight excluding hydrogens is 499 g/mol. The molecule has 0 amide bonds. The van der Waals surface area contributed by atoms with Crippen LogP contribution in [-0.4, -0.2) is 30.7 Å². The molecule has 1 atom stereocenters. The predicted molar refractivity (Wildman–Crippen MR) is 147 cm³/mol. The van der Waals surface area contributed by atoms with E-state index in [1.54, 1.807) is 19.4 Å². The second-order valence-corrected chi connectivity index (χ2v) is 8.17. The zero-order chi connectivity index (χ0) is 23.9. The normalized spacial score (nSPS) is 11.1. The summed E-state index contributed by atoms with van der Waals surface area (Å²) in [4.78, 5) is 17.5. The number of carbonyl (C=O) groups excluding carboxylic acids is 1. The first-order valence-corrected chi connectivity index (χ1v) is 11.1. The van der Waals surface area contributed by atoms with Gasteiger partial charge in [-0.25, -0.2) is 4.79 Å². The lowest BCUT2D eigenvalue weighted by Gasteiger charge is -2.17. The number of halogens is 2. The topological polar surface area (TPSA) is 83.7 Å². The van der Waals surface area contributed by atoms with E-state index >= 15 is 0 Å². The molecule has 6 nitrogen and oxygen atoms in total. The van der Waals surface area contributed by atoms with Crippen LogP contribution in [0.4, 0.5) is 0 Å². The second-order valence-electron chi connectivity index (χ2n) is 8.17. The fourth-order valence-corrected chi connectivity index (χ4v) is 3.79. The fourth-order valence-electron chi connectivity index (χ4n) is 3.79. The highest BCUT2D eigenvalue weighted by Crippen LogP contribution is 2.30. The zero-order valence-corrected chi connectivity index (χ0v) is 21.8.